The number of sulfonamides is 2. The van der Waals surface area contributed by atoms with E-state index in [1.165, 1.54) is 0 Å². The van der Waals surface area contributed by atoms with Crippen LogP contribution in [0.15, 0.2) is 0 Å². The van der Waals surface area contributed by atoms with Crippen LogP contribution in [0, 0.1) is 10.8 Å². The summed E-state index contributed by atoms with van der Waals surface area (Å²) in [6.07, 6.45) is 11.1. The first-order chi connectivity index (χ1) is 14.4. The van der Waals surface area contributed by atoms with Crippen LogP contribution in [0.2, 0.25) is 0 Å². The van der Waals surface area contributed by atoms with Gasteiger partial charge in [0.15, 0.2) is 0 Å². The first-order valence-corrected chi connectivity index (χ1v) is 15.4. The molecule has 0 unspecified atom stereocenters. The van der Waals surface area contributed by atoms with Gasteiger partial charge in [0, 0.05) is 13.2 Å². The number of rotatable bonds is 20. The molecule has 0 rings (SSSR count). The van der Waals surface area contributed by atoms with Gasteiger partial charge in [-0.3, -0.25) is 0 Å². The highest BCUT2D eigenvalue weighted by molar-refractivity contribution is 7.89. The molecule has 0 aromatic rings. The third-order valence-electron chi connectivity index (χ3n) is 7.33. The molecule has 188 valence electrons. The molecule has 4 N–H and O–H groups in total. The summed E-state index contributed by atoms with van der Waals surface area (Å²) in [6.45, 7) is 9.93. The molecule has 0 radical (unpaired) electrons. The zero-order valence-corrected chi connectivity index (χ0v) is 22.0. The molecule has 0 aromatic carbocycles. The summed E-state index contributed by atoms with van der Waals surface area (Å²) in [6, 6.07) is 0. The molecule has 0 fully saturated rings. The van der Waals surface area contributed by atoms with E-state index in [9.17, 15) is 16.8 Å². The molecule has 0 aliphatic heterocycles. The lowest BCUT2D eigenvalue weighted by molar-refractivity contribution is 0.115. The van der Waals surface area contributed by atoms with Crippen LogP contribution in [0.3, 0.4) is 0 Å². The molecular formula is C22H48N2O5S2. The van der Waals surface area contributed by atoms with E-state index in [1.54, 1.807) is 0 Å². The van der Waals surface area contributed by atoms with E-state index in [0.29, 0.717) is 12.8 Å². The molecule has 0 heterocycles. The topological polar surface area (TPSA) is 130 Å². The van der Waals surface area contributed by atoms with Crippen LogP contribution in [-0.2, 0) is 24.8 Å². The Hall–Kier alpha value is -0.220. The van der Waals surface area contributed by atoms with Gasteiger partial charge < -0.3 is 4.74 Å². The Morgan fingerprint density at radius 3 is 1.16 bits per heavy atom. The molecule has 0 aliphatic rings. The number of hydrogen-bond donors (Lipinski definition) is 2. The summed E-state index contributed by atoms with van der Waals surface area (Å²) >= 11 is 0. The maximum absolute atomic E-state index is 11.3. The Morgan fingerprint density at radius 2 is 0.903 bits per heavy atom. The van der Waals surface area contributed by atoms with Gasteiger partial charge in [0.25, 0.3) is 0 Å². The summed E-state index contributed by atoms with van der Waals surface area (Å²) in [5.74, 6) is 0.110. The molecule has 9 heteroatoms. The van der Waals surface area contributed by atoms with Gasteiger partial charge in [-0.25, -0.2) is 27.1 Å². The van der Waals surface area contributed by atoms with Crippen molar-refractivity contribution in [3.8, 4) is 0 Å². The third kappa shape index (κ3) is 14.5. The molecule has 0 spiro atoms. The molecule has 0 saturated heterocycles. The molecule has 0 amide bonds. The average Bonchev–Trinajstić information content (AvgIpc) is 2.70. The van der Waals surface area contributed by atoms with Crippen molar-refractivity contribution in [2.45, 2.75) is 105 Å². The fourth-order valence-electron chi connectivity index (χ4n) is 4.39. The minimum atomic E-state index is -3.41. The van der Waals surface area contributed by atoms with Crippen LogP contribution < -0.4 is 10.3 Å². The van der Waals surface area contributed by atoms with E-state index in [-0.39, 0.29) is 22.3 Å². The number of nitrogens with two attached hydrogens (primary N) is 2. The van der Waals surface area contributed by atoms with Crippen molar-refractivity contribution in [1.82, 2.24) is 0 Å². The van der Waals surface area contributed by atoms with Gasteiger partial charge >= 0.3 is 0 Å². The van der Waals surface area contributed by atoms with Crippen LogP contribution in [0.4, 0.5) is 0 Å². The maximum atomic E-state index is 11.3. The predicted molar refractivity (Wildman–Crippen MR) is 130 cm³/mol. The zero-order chi connectivity index (χ0) is 24.0. The van der Waals surface area contributed by atoms with E-state index >= 15 is 0 Å². The second-order valence-electron chi connectivity index (χ2n) is 9.17. The van der Waals surface area contributed by atoms with Crippen LogP contribution in [0.5, 0.6) is 0 Å². The molecule has 0 aromatic heterocycles. The highest BCUT2D eigenvalue weighted by Gasteiger charge is 2.28. The van der Waals surface area contributed by atoms with Crippen LogP contribution >= 0.6 is 0 Å². The lowest BCUT2D eigenvalue weighted by Crippen LogP contribution is -2.26. The number of primary sulfonamides is 2. The number of unbranched alkanes of at least 4 members (excludes halogenated alkanes) is 2. The van der Waals surface area contributed by atoms with Gasteiger partial charge in [0.05, 0.1) is 11.5 Å². The lowest BCUT2D eigenvalue weighted by Gasteiger charge is -2.32. The van der Waals surface area contributed by atoms with Crippen LogP contribution in [0.1, 0.15) is 105 Å². The second-order valence-corrected chi connectivity index (χ2v) is 12.6. The molecular weight excluding hydrogens is 436 g/mol. The SMILES string of the molecule is CCC(CC)(CCCCOCCCCC(CC)(CC)CCS(N)(=O)=O)CCS(N)(=O)=O. The Morgan fingerprint density at radius 1 is 0.581 bits per heavy atom. The predicted octanol–water partition coefficient (Wildman–Crippen LogP) is 4.31. The van der Waals surface area contributed by atoms with Gasteiger partial charge in [-0.1, -0.05) is 66.2 Å². The quantitative estimate of drug-likeness (QED) is 0.249. The molecule has 0 bridgehead atoms. The molecule has 0 saturated carbocycles. The lowest BCUT2D eigenvalue weighted by atomic mass is 9.75. The Kier molecular flexibility index (Phi) is 14.7. The van der Waals surface area contributed by atoms with Gasteiger partial charge in [-0.05, 0) is 49.4 Å². The summed E-state index contributed by atoms with van der Waals surface area (Å²) in [7, 11) is -6.82. The first kappa shape index (κ1) is 30.8. The summed E-state index contributed by atoms with van der Waals surface area (Å²) in [4.78, 5) is 0. The third-order valence-corrected chi connectivity index (χ3v) is 8.87. The standard InChI is InChI=1S/C22H48N2O5S2/c1-5-21(6-2,15-19-30(23,25)26)13-9-11-17-29-18-12-10-14-22(7-3,8-4)16-20-31(24,27)28/h5-20H2,1-4H3,(H2,23,25,26)(H2,24,27,28). The Labute approximate surface area is 192 Å². The van der Waals surface area contributed by atoms with Crippen molar-refractivity contribution >= 4 is 20.0 Å². The van der Waals surface area contributed by atoms with Crippen molar-refractivity contribution < 1.29 is 21.6 Å². The van der Waals surface area contributed by atoms with E-state index in [4.69, 9.17) is 15.0 Å². The monoisotopic (exact) mass is 484 g/mol. The highest BCUT2D eigenvalue weighted by atomic mass is 32.2. The molecule has 0 aliphatic carbocycles. The Bertz CT molecular complexity index is 612. The van der Waals surface area contributed by atoms with E-state index in [0.717, 1.165) is 77.4 Å². The normalized spacial score (nSPS) is 13.6. The summed E-state index contributed by atoms with van der Waals surface area (Å²) < 4.78 is 51.1. The molecule has 0 atom stereocenters. The van der Waals surface area contributed by atoms with E-state index in [1.807, 2.05) is 0 Å². The minimum Gasteiger partial charge on any atom is -0.381 e. The van der Waals surface area contributed by atoms with Crippen molar-refractivity contribution in [3.63, 3.8) is 0 Å². The smallest absolute Gasteiger partial charge is 0.209 e. The highest BCUT2D eigenvalue weighted by Crippen LogP contribution is 2.37. The Balaban J connectivity index is 4.13. The summed E-state index contributed by atoms with van der Waals surface area (Å²) in [5.41, 5.74) is 0.0974. The van der Waals surface area contributed by atoms with Gasteiger partial charge in [0.1, 0.15) is 0 Å². The van der Waals surface area contributed by atoms with Crippen LogP contribution in [0.25, 0.3) is 0 Å². The average molecular weight is 485 g/mol. The molecule has 31 heavy (non-hydrogen) atoms. The van der Waals surface area contributed by atoms with Crippen molar-refractivity contribution in [2.24, 2.45) is 21.1 Å². The maximum Gasteiger partial charge on any atom is 0.209 e. The molecule has 7 nitrogen and oxygen atoms in total. The van der Waals surface area contributed by atoms with Crippen molar-refractivity contribution in [2.75, 3.05) is 24.7 Å². The van der Waals surface area contributed by atoms with E-state index in [2.05, 4.69) is 27.7 Å². The minimum absolute atomic E-state index is 0.0487. The fourth-order valence-corrected chi connectivity index (χ4v) is 5.83. The fraction of sp³-hybridized carbons (Fsp3) is 1.00. The number of ether oxygens (including phenoxy) is 1. The first-order valence-electron chi connectivity index (χ1n) is 11.9. The van der Waals surface area contributed by atoms with Crippen LogP contribution in [-0.4, -0.2) is 41.6 Å². The van der Waals surface area contributed by atoms with Gasteiger partial charge in [-0.15, -0.1) is 0 Å². The second kappa shape index (κ2) is 14.8. The van der Waals surface area contributed by atoms with Crippen molar-refractivity contribution in [3.05, 3.63) is 0 Å². The number of hydrogen-bond acceptors (Lipinski definition) is 5. The largest absolute Gasteiger partial charge is 0.381 e. The van der Waals surface area contributed by atoms with E-state index < -0.39 is 20.0 Å². The van der Waals surface area contributed by atoms with Gasteiger partial charge in [0.2, 0.25) is 20.0 Å². The zero-order valence-electron chi connectivity index (χ0n) is 20.3. The van der Waals surface area contributed by atoms with Crippen molar-refractivity contribution in [1.29, 1.82) is 0 Å². The van der Waals surface area contributed by atoms with Gasteiger partial charge in [-0.2, -0.15) is 0 Å². The summed E-state index contributed by atoms with van der Waals surface area (Å²) in [5, 5.41) is 10.4.